The Hall–Kier alpha value is -0.360. The van der Waals surface area contributed by atoms with Gasteiger partial charge in [0.1, 0.15) is 0 Å². The van der Waals surface area contributed by atoms with Crippen molar-refractivity contribution in [3.63, 3.8) is 0 Å². The second-order valence-electron chi connectivity index (χ2n) is 1.09. The van der Waals surface area contributed by atoms with Gasteiger partial charge in [-0.3, -0.25) is 0 Å². The van der Waals surface area contributed by atoms with Gasteiger partial charge in [-0.15, -0.1) is 0 Å². The van der Waals surface area contributed by atoms with E-state index < -0.39 is 5.97 Å². The van der Waals surface area contributed by atoms with Crippen molar-refractivity contribution in [1.29, 1.82) is 0 Å². The summed E-state index contributed by atoms with van der Waals surface area (Å²) in [6.07, 6.45) is 0. The molecule has 0 radical (unpaired) electrons. The third-order valence-electron chi connectivity index (χ3n) is 0.365. The predicted octanol–water partition coefficient (Wildman–Crippen LogP) is 0.705. The van der Waals surface area contributed by atoms with Crippen LogP contribution in [0.2, 0.25) is 0 Å². The fourth-order valence-electron chi connectivity index (χ4n) is 0. The Labute approximate surface area is 45.9 Å². The van der Waals surface area contributed by atoms with Crippen molar-refractivity contribution in [2.24, 2.45) is 0 Å². The monoisotopic (exact) mass is 120 g/mol. The molecule has 3 heteroatoms. The average Bonchev–Trinajstić information content (AvgIpc) is 1.36. The normalized spacial score (nSPS) is 6.43. The highest BCUT2D eigenvalue weighted by molar-refractivity contribution is 6.92. The van der Waals surface area contributed by atoms with Crippen LogP contribution in [0.5, 0.6) is 0 Å². The van der Waals surface area contributed by atoms with E-state index in [2.05, 4.69) is 6.58 Å². The molecule has 0 aliphatic rings. The van der Waals surface area contributed by atoms with Crippen LogP contribution in [0.25, 0.3) is 0 Å². The molecule has 42 valence electrons. The lowest BCUT2D eigenvalue weighted by Crippen LogP contribution is -1.92. The number of hydrogen-bond acceptors (Lipinski definition) is 1. The summed E-state index contributed by atoms with van der Waals surface area (Å²) in [5, 5.41) is 7.89. The van der Waals surface area contributed by atoms with Crippen LogP contribution in [-0.2, 0) is 4.79 Å². The molecule has 2 nitrogen and oxygen atoms in total. The number of rotatable bonds is 1. The summed E-state index contributed by atoms with van der Waals surface area (Å²) < 4.78 is 0. The van der Waals surface area contributed by atoms with Crippen molar-refractivity contribution in [2.75, 3.05) is 0 Å². The van der Waals surface area contributed by atoms with Gasteiger partial charge in [-0.25, -0.2) is 4.79 Å². The standard InChI is InChI=1S/C4H6O2.H3P/c1-3(2)4(5)6;/h1H2,2H3,(H,5,6);1H3. The zero-order chi connectivity index (χ0) is 5.15. The summed E-state index contributed by atoms with van der Waals surface area (Å²) in [5.41, 5.74) is 0.176. The molecule has 0 saturated carbocycles. The van der Waals surface area contributed by atoms with Crippen LogP contribution >= 0.6 is 9.90 Å². The third kappa shape index (κ3) is 5.64. The van der Waals surface area contributed by atoms with E-state index in [1.54, 1.807) is 0 Å². The minimum Gasteiger partial charge on any atom is -0.478 e. The number of carboxylic acids is 1. The van der Waals surface area contributed by atoms with Crippen molar-refractivity contribution in [1.82, 2.24) is 0 Å². The van der Waals surface area contributed by atoms with Gasteiger partial charge in [0.15, 0.2) is 0 Å². The van der Waals surface area contributed by atoms with Gasteiger partial charge in [-0.1, -0.05) is 6.58 Å². The Morgan fingerprint density at radius 2 is 1.86 bits per heavy atom. The molecule has 0 aromatic carbocycles. The lowest BCUT2D eigenvalue weighted by Gasteiger charge is -1.79. The number of hydrogen-bond donors (Lipinski definition) is 1. The van der Waals surface area contributed by atoms with Gasteiger partial charge >= 0.3 is 5.97 Å². The fraction of sp³-hybridized carbons (Fsp3) is 0.250. The van der Waals surface area contributed by atoms with E-state index in [1.165, 1.54) is 6.92 Å². The van der Waals surface area contributed by atoms with Gasteiger partial charge in [0, 0.05) is 5.57 Å². The zero-order valence-corrected chi connectivity index (χ0v) is 5.68. The lowest BCUT2D eigenvalue weighted by atomic mass is 10.4. The highest BCUT2D eigenvalue weighted by Crippen LogP contribution is 1.81. The first-order valence-electron chi connectivity index (χ1n) is 1.53. The first kappa shape index (κ1) is 9.81. The molecule has 0 aromatic rings. The first-order chi connectivity index (χ1) is 2.64. The molecule has 0 aromatic heterocycles. The maximum Gasteiger partial charge on any atom is 0.330 e. The van der Waals surface area contributed by atoms with Gasteiger partial charge < -0.3 is 5.11 Å². The molecular formula is C4H9O2P. The summed E-state index contributed by atoms with van der Waals surface area (Å²) >= 11 is 0. The maximum absolute atomic E-state index is 9.60. The highest BCUT2D eigenvalue weighted by atomic mass is 31.0. The lowest BCUT2D eigenvalue weighted by molar-refractivity contribution is -0.132. The molecule has 0 heterocycles. The Balaban J connectivity index is 0. The van der Waals surface area contributed by atoms with Crippen LogP contribution in [-0.4, -0.2) is 11.1 Å². The van der Waals surface area contributed by atoms with Crippen molar-refractivity contribution < 1.29 is 9.90 Å². The third-order valence-corrected chi connectivity index (χ3v) is 0.365. The van der Waals surface area contributed by atoms with Crippen LogP contribution < -0.4 is 0 Å². The molecule has 1 N–H and O–H groups in total. The number of aliphatic carboxylic acids is 1. The van der Waals surface area contributed by atoms with Crippen molar-refractivity contribution in [2.45, 2.75) is 6.92 Å². The first-order valence-corrected chi connectivity index (χ1v) is 1.53. The molecule has 1 atom stereocenters. The fourth-order valence-corrected chi connectivity index (χ4v) is 0. The van der Waals surface area contributed by atoms with Crippen molar-refractivity contribution in [3.8, 4) is 0 Å². The van der Waals surface area contributed by atoms with E-state index >= 15 is 0 Å². The molecule has 1 unspecified atom stereocenters. The summed E-state index contributed by atoms with van der Waals surface area (Å²) in [6.45, 7) is 4.60. The second-order valence-corrected chi connectivity index (χ2v) is 1.09. The molecule has 0 spiro atoms. The van der Waals surface area contributed by atoms with Gasteiger partial charge in [0.25, 0.3) is 0 Å². The molecule has 0 amide bonds. The molecule has 0 fully saturated rings. The Bertz CT molecular complexity index is 75.7. The van der Waals surface area contributed by atoms with Gasteiger partial charge in [-0.05, 0) is 6.92 Å². The Kier molecular flexibility index (Phi) is 5.35. The van der Waals surface area contributed by atoms with Crippen LogP contribution in [0.15, 0.2) is 12.2 Å². The predicted molar refractivity (Wildman–Crippen MR) is 33.6 cm³/mol. The summed E-state index contributed by atoms with van der Waals surface area (Å²) in [7, 11) is 0. The summed E-state index contributed by atoms with van der Waals surface area (Å²) in [5.74, 6) is -0.935. The van der Waals surface area contributed by atoms with Crippen LogP contribution in [0.1, 0.15) is 6.92 Å². The van der Waals surface area contributed by atoms with Gasteiger partial charge in [-0.2, -0.15) is 9.90 Å². The zero-order valence-electron chi connectivity index (χ0n) is 4.27. The minimum atomic E-state index is -0.935. The topological polar surface area (TPSA) is 37.3 Å². The largest absolute Gasteiger partial charge is 0.478 e. The van der Waals surface area contributed by atoms with Crippen LogP contribution in [0.3, 0.4) is 0 Å². The molecule has 0 saturated heterocycles. The van der Waals surface area contributed by atoms with E-state index in [0.717, 1.165) is 0 Å². The van der Waals surface area contributed by atoms with Crippen LogP contribution in [0, 0.1) is 0 Å². The van der Waals surface area contributed by atoms with E-state index in [0.29, 0.717) is 0 Å². The van der Waals surface area contributed by atoms with Crippen molar-refractivity contribution in [3.05, 3.63) is 12.2 Å². The Morgan fingerprint density at radius 1 is 1.71 bits per heavy atom. The number of carbonyl (C=O) groups is 1. The van der Waals surface area contributed by atoms with Gasteiger partial charge in [0.05, 0.1) is 0 Å². The van der Waals surface area contributed by atoms with E-state index in [1.807, 2.05) is 0 Å². The molecule has 7 heavy (non-hydrogen) atoms. The van der Waals surface area contributed by atoms with Gasteiger partial charge in [0.2, 0.25) is 0 Å². The maximum atomic E-state index is 9.60. The van der Waals surface area contributed by atoms with E-state index in [9.17, 15) is 4.79 Å². The van der Waals surface area contributed by atoms with E-state index in [-0.39, 0.29) is 15.5 Å². The van der Waals surface area contributed by atoms with Crippen LogP contribution in [0.4, 0.5) is 0 Å². The quantitative estimate of drug-likeness (QED) is 0.408. The second kappa shape index (κ2) is 3.82. The summed E-state index contributed by atoms with van der Waals surface area (Å²) in [6, 6.07) is 0. The minimum absolute atomic E-state index is 0. The molecule has 0 bridgehead atoms. The van der Waals surface area contributed by atoms with E-state index in [4.69, 9.17) is 5.11 Å². The Morgan fingerprint density at radius 3 is 1.86 bits per heavy atom. The number of carboxylic acid groups (broad SMARTS) is 1. The van der Waals surface area contributed by atoms with Crippen molar-refractivity contribution >= 4 is 15.9 Å². The SMILES string of the molecule is C=C(C)C(=O)O.P. The molecule has 0 aliphatic heterocycles. The molecular weight excluding hydrogens is 111 g/mol. The molecule has 0 aliphatic carbocycles. The highest BCUT2D eigenvalue weighted by Gasteiger charge is 1.90. The molecule has 0 rings (SSSR count). The average molecular weight is 120 g/mol. The summed E-state index contributed by atoms with van der Waals surface area (Å²) in [4.78, 5) is 9.60. The smallest absolute Gasteiger partial charge is 0.330 e.